The molecule has 1 heterocycles. The van der Waals surface area contributed by atoms with Gasteiger partial charge in [-0.05, 0) is 27.0 Å². The number of nitrogens with one attached hydrogen (secondary N) is 2. The van der Waals surface area contributed by atoms with Gasteiger partial charge in [0.15, 0.2) is 0 Å². The maximum Gasteiger partial charge on any atom is 0.245 e. The summed E-state index contributed by atoms with van der Waals surface area (Å²) in [7, 11) is -1.64. The smallest absolute Gasteiger partial charge is 0.245 e. The van der Waals surface area contributed by atoms with Crippen LogP contribution in [-0.2, 0) is 16.6 Å². The van der Waals surface area contributed by atoms with E-state index in [1.54, 1.807) is 12.1 Å². The van der Waals surface area contributed by atoms with Crippen molar-refractivity contribution in [1.82, 2.24) is 14.6 Å². The first-order chi connectivity index (χ1) is 8.43. The molecular formula is C12H21N3O2S. The number of H-pyrrole nitrogens is 1. The molecule has 1 rings (SSSR count). The Bertz CT molecular complexity index is 491. The molecule has 0 saturated heterocycles. The summed E-state index contributed by atoms with van der Waals surface area (Å²) in [6, 6.07) is 1.56. The number of rotatable bonds is 7. The van der Waals surface area contributed by atoms with Crippen molar-refractivity contribution >= 4 is 10.0 Å². The lowest BCUT2D eigenvalue weighted by molar-refractivity contribution is 0.383. The summed E-state index contributed by atoms with van der Waals surface area (Å²) in [5.41, 5.74) is 0.846. The van der Waals surface area contributed by atoms with Gasteiger partial charge in [0.05, 0.1) is 4.90 Å². The first kappa shape index (κ1) is 14.9. The van der Waals surface area contributed by atoms with Gasteiger partial charge in [-0.25, -0.2) is 8.42 Å². The Morgan fingerprint density at radius 2 is 2.22 bits per heavy atom. The molecule has 1 aromatic heterocycles. The van der Waals surface area contributed by atoms with Crippen molar-refractivity contribution < 1.29 is 8.42 Å². The number of aromatic nitrogens is 1. The summed E-state index contributed by atoms with van der Waals surface area (Å²) in [4.78, 5) is 3.25. The van der Waals surface area contributed by atoms with E-state index in [4.69, 9.17) is 0 Å². The Hall–Kier alpha value is -1.11. The fourth-order valence-corrected chi connectivity index (χ4v) is 3.34. The van der Waals surface area contributed by atoms with Gasteiger partial charge in [0.25, 0.3) is 0 Å². The molecule has 18 heavy (non-hydrogen) atoms. The van der Waals surface area contributed by atoms with E-state index in [2.05, 4.69) is 16.9 Å². The molecule has 0 aliphatic rings. The number of sulfonamides is 1. The SMILES string of the molecule is C=CCN(C(C)C)S(=O)(=O)c1c[nH]c(CNC)c1. The van der Waals surface area contributed by atoms with E-state index < -0.39 is 10.0 Å². The van der Waals surface area contributed by atoms with Crippen LogP contribution in [0.5, 0.6) is 0 Å². The minimum absolute atomic E-state index is 0.101. The highest BCUT2D eigenvalue weighted by Gasteiger charge is 2.26. The Morgan fingerprint density at radius 1 is 1.56 bits per heavy atom. The van der Waals surface area contributed by atoms with Gasteiger partial charge in [0.1, 0.15) is 0 Å². The summed E-state index contributed by atoms with van der Waals surface area (Å²) in [6.07, 6.45) is 3.12. The van der Waals surface area contributed by atoms with Gasteiger partial charge in [0, 0.05) is 31.0 Å². The van der Waals surface area contributed by atoms with Crippen LogP contribution in [-0.4, -0.2) is 37.3 Å². The predicted molar refractivity (Wildman–Crippen MR) is 72.8 cm³/mol. The third-order valence-corrected chi connectivity index (χ3v) is 4.59. The zero-order valence-electron chi connectivity index (χ0n) is 11.1. The van der Waals surface area contributed by atoms with Crippen LogP contribution in [0.15, 0.2) is 29.8 Å². The molecule has 0 radical (unpaired) electrons. The Labute approximate surface area is 109 Å². The predicted octanol–water partition coefficient (Wildman–Crippen LogP) is 1.32. The molecular weight excluding hydrogens is 250 g/mol. The van der Waals surface area contributed by atoms with E-state index in [1.807, 2.05) is 20.9 Å². The summed E-state index contributed by atoms with van der Waals surface area (Å²) in [5.74, 6) is 0. The molecule has 0 unspecified atom stereocenters. The molecule has 5 nitrogen and oxygen atoms in total. The topological polar surface area (TPSA) is 65.2 Å². The minimum Gasteiger partial charge on any atom is -0.363 e. The second-order valence-electron chi connectivity index (χ2n) is 4.35. The van der Waals surface area contributed by atoms with Gasteiger partial charge in [-0.1, -0.05) is 6.08 Å². The normalized spacial score (nSPS) is 12.3. The molecule has 0 fully saturated rings. The molecule has 102 valence electrons. The van der Waals surface area contributed by atoms with Crippen LogP contribution < -0.4 is 5.32 Å². The van der Waals surface area contributed by atoms with Crippen molar-refractivity contribution in [2.24, 2.45) is 0 Å². The van der Waals surface area contributed by atoms with Gasteiger partial charge < -0.3 is 10.3 Å². The van der Waals surface area contributed by atoms with Crippen molar-refractivity contribution in [3.63, 3.8) is 0 Å². The van der Waals surface area contributed by atoms with Gasteiger partial charge in [-0.15, -0.1) is 6.58 Å². The number of aromatic amines is 1. The van der Waals surface area contributed by atoms with Crippen LogP contribution >= 0.6 is 0 Å². The number of hydrogen-bond donors (Lipinski definition) is 2. The molecule has 0 atom stereocenters. The fraction of sp³-hybridized carbons (Fsp3) is 0.500. The third kappa shape index (κ3) is 3.22. The largest absolute Gasteiger partial charge is 0.363 e. The highest BCUT2D eigenvalue weighted by molar-refractivity contribution is 7.89. The van der Waals surface area contributed by atoms with E-state index in [0.717, 1.165) is 5.69 Å². The third-order valence-electron chi connectivity index (χ3n) is 2.58. The summed E-state index contributed by atoms with van der Waals surface area (Å²) in [5, 5.41) is 2.97. The first-order valence-corrected chi connectivity index (χ1v) is 7.32. The van der Waals surface area contributed by atoms with Crippen LogP contribution in [0.1, 0.15) is 19.5 Å². The molecule has 6 heteroatoms. The van der Waals surface area contributed by atoms with Crippen LogP contribution in [0.4, 0.5) is 0 Å². The van der Waals surface area contributed by atoms with Gasteiger partial charge in [0.2, 0.25) is 10.0 Å². The molecule has 0 aromatic carbocycles. The lowest BCUT2D eigenvalue weighted by atomic mass is 10.4. The quantitative estimate of drug-likeness (QED) is 0.735. The molecule has 0 amide bonds. The highest BCUT2D eigenvalue weighted by Crippen LogP contribution is 2.19. The zero-order valence-corrected chi connectivity index (χ0v) is 11.9. The van der Waals surface area contributed by atoms with Crippen LogP contribution in [0, 0.1) is 0 Å². The Kier molecular flexibility index (Phi) is 5.13. The average Bonchev–Trinajstić information content (AvgIpc) is 2.75. The fourth-order valence-electron chi connectivity index (χ4n) is 1.71. The number of hydrogen-bond acceptors (Lipinski definition) is 3. The monoisotopic (exact) mass is 271 g/mol. The second kappa shape index (κ2) is 6.17. The van der Waals surface area contributed by atoms with E-state index in [0.29, 0.717) is 18.0 Å². The van der Waals surface area contributed by atoms with Gasteiger partial charge in [-0.2, -0.15) is 4.31 Å². The molecule has 0 spiro atoms. The van der Waals surface area contributed by atoms with E-state index in [-0.39, 0.29) is 6.04 Å². The lowest BCUT2D eigenvalue weighted by Gasteiger charge is -2.23. The Balaban J connectivity index is 3.05. The lowest BCUT2D eigenvalue weighted by Crippen LogP contribution is -2.36. The highest BCUT2D eigenvalue weighted by atomic mass is 32.2. The maximum absolute atomic E-state index is 12.4. The van der Waals surface area contributed by atoms with Crippen LogP contribution in [0.3, 0.4) is 0 Å². The van der Waals surface area contributed by atoms with E-state index >= 15 is 0 Å². The van der Waals surface area contributed by atoms with E-state index in [1.165, 1.54) is 10.5 Å². The first-order valence-electron chi connectivity index (χ1n) is 5.88. The summed E-state index contributed by atoms with van der Waals surface area (Å²) >= 11 is 0. The van der Waals surface area contributed by atoms with Crippen molar-refractivity contribution in [3.8, 4) is 0 Å². The van der Waals surface area contributed by atoms with Gasteiger partial charge in [-0.3, -0.25) is 0 Å². The number of nitrogens with zero attached hydrogens (tertiary/aromatic N) is 1. The molecule has 0 bridgehead atoms. The average molecular weight is 271 g/mol. The molecule has 0 aliphatic carbocycles. The molecule has 2 N–H and O–H groups in total. The van der Waals surface area contributed by atoms with Crippen LogP contribution in [0.25, 0.3) is 0 Å². The van der Waals surface area contributed by atoms with Gasteiger partial charge >= 0.3 is 0 Å². The summed E-state index contributed by atoms with van der Waals surface area (Å²) < 4.78 is 26.3. The second-order valence-corrected chi connectivity index (χ2v) is 6.24. The van der Waals surface area contributed by atoms with Crippen molar-refractivity contribution in [2.45, 2.75) is 31.3 Å². The molecule has 0 aliphatic heterocycles. The summed E-state index contributed by atoms with van der Waals surface area (Å²) in [6.45, 7) is 8.22. The standard InChI is InChI=1S/C12H21N3O2S/c1-5-6-15(10(2)3)18(16,17)12-7-11(8-13-4)14-9-12/h5,7,9-10,13-14H,1,6,8H2,2-4H3. The Morgan fingerprint density at radius 3 is 2.72 bits per heavy atom. The maximum atomic E-state index is 12.4. The molecule has 0 saturated carbocycles. The van der Waals surface area contributed by atoms with Crippen molar-refractivity contribution in [2.75, 3.05) is 13.6 Å². The molecule has 1 aromatic rings. The zero-order chi connectivity index (χ0) is 13.8. The van der Waals surface area contributed by atoms with Crippen LogP contribution in [0.2, 0.25) is 0 Å². The van der Waals surface area contributed by atoms with Crippen molar-refractivity contribution in [1.29, 1.82) is 0 Å². The van der Waals surface area contributed by atoms with E-state index in [9.17, 15) is 8.42 Å². The minimum atomic E-state index is -3.46. The van der Waals surface area contributed by atoms with Crippen molar-refractivity contribution in [3.05, 3.63) is 30.6 Å².